The number of rotatable bonds is 9. The van der Waals surface area contributed by atoms with E-state index >= 15 is 0 Å². The molecular weight excluding hydrogens is 455 g/mol. The molecule has 2 unspecified atom stereocenters. The number of nitrogens with one attached hydrogen (secondary N) is 2. The van der Waals surface area contributed by atoms with Crippen LogP contribution in [0.2, 0.25) is 0 Å². The number of aliphatic carboxylic acids is 2. The molecule has 11 nitrogen and oxygen atoms in total. The molecule has 0 aromatic carbocycles. The number of amides is 3. The van der Waals surface area contributed by atoms with Crippen LogP contribution in [0.25, 0.3) is 0 Å². The molecule has 0 aliphatic carbocycles. The molecular formula is C19H28F3N3O8. The van der Waals surface area contributed by atoms with Gasteiger partial charge in [-0.25, -0.2) is 9.59 Å². The van der Waals surface area contributed by atoms with Crippen molar-refractivity contribution in [3.05, 3.63) is 0 Å². The average Bonchev–Trinajstić information content (AvgIpc) is 3.11. The summed E-state index contributed by atoms with van der Waals surface area (Å²) in [7, 11) is 0. The zero-order valence-corrected chi connectivity index (χ0v) is 18.4. The zero-order valence-electron chi connectivity index (χ0n) is 18.4. The van der Waals surface area contributed by atoms with E-state index in [-0.39, 0.29) is 19.4 Å². The molecule has 0 spiro atoms. The highest BCUT2D eigenvalue weighted by molar-refractivity contribution is 5.93. The Hall–Kier alpha value is -3.06. The van der Waals surface area contributed by atoms with Gasteiger partial charge in [0.05, 0.1) is 6.42 Å². The second-order valence-corrected chi connectivity index (χ2v) is 8.54. The number of hydrogen-bond acceptors (Lipinski definition) is 6. The Morgan fingerprint density at radius 2 is 1.67 bits per heavy atom. The quantitative estimate of drug-likeness (QED) is 0.381. The first-order chi connectivity index (χ1) is 15.0. The molecule has 1 rings (SSSR count). The number of alkyl halides is 3. The summed E-state index contributed by atoms with van der Waals surface area (Å²) in [5.74, 6) is -5.05. The van der Waals surface area contributed by atoms with E-state index in [9.17, 15) is 37.1 Å². The molecule has 1 aliphatic heterocycles. The minimum Gasteiger partial charge on any atom is -0.481 e. The second kappa shape index (κ2) is 11.2. The molecule has 14 heteroatoms. The number of carboxylic acids is 2. The molecule has 0 aromatic rings. The zero-order chi connectivity index (χ0) is 25.6. The predicted molar refractivity (Wildman–Crippen MR) is 105 cm³/mol. The molecule has 4 N–H and O–H groups in total. The molecule has 188 valence electrons. The molecule has 0 bridgehead atoms. The van der Waals surface area contributed by atoms with Crippen LogP contribution < -0.4 is 10.6 Å². The van der Waals surface area contributed by atoms with E-state index < -0.39 is 72.6 Å². The van der Waals surface area contributed by atoms with Crippen molar-refractivity contribution < 1.29 is 52.1 Å². The monoisotopic (exact) mass is 483 g/mol. The average molecular weight is 483 g/mol. The third kappa shape index (κ3) is 9.95. The van der Waals surface area contributed by atoms with Gasteiger partial charge in [0.25, 0.3) is 0 Å². The minimum absolute atomic E-state index is 0.00744. The predicted octanol–water partition coefficient (Wildman–Crippen LogP) is 1.26. The summed E-state index contributed by atoms with van der Waals surface area (Å²) < 4.78 is 42.9. The van der Waals surface area contributed by atoms with Crippen molar-refractivity contribution in [1.29, 1.82) is 0 Å². The molecule has 1 fully saturated rings. The van der Waals surface area contributed by atoms with Crippen LogP contribution in [0, 0.1) is 0 Å². The summed E-state index contributed by atoms with van der Waals surface area (Å²) in [4.78, 5) is 60.7. The van der Waals surface area contributed by atoms with Gasteiger partial charge in [-0.1, -0.05) is 0 Å². The highest BCUT2D eigenvalue weighted by Crippen LogP contribution is 2.24. The molecule has 1 aliphatic rings. The number of carbonyl (C=O) groups excluding carboxylic acids is 3. The van der Waals surface area contributed by atoms with Gasteiger partial charge in [-0.2, -0.15) is 13.2 Å². The summed E-state index contributed by atoms with van der Waals surface area (Å²) in [6, 6.07) is -4.90. The number of ether oxygens (including phenoxy) is 1. The molecule has 33 heavy (non-hydrogen) atoms. The van der Waals surface area contributed by atoms with Crippen LogP contribution in [-0.4, -0.2) is 81.4 Å². The van der Waals surface area contributed by atoms with Gasteiger partial charge < -0.3 is 30.5 Å². The van der Waals surface area contributed by atoms with E-state index in [0.29, 0.717) is 6.42 Å². The third-order valence-electron chi connectivity index (χ3n) is 4.52. The van der Waals surface area contributed by atoms with E-state index in [2.05, 4.69) is 5.32 Å². The first kappa shape index (κ1) is 28.0. The van der Waals surface area contributed by atoms with E-state index in [1.165, 1.54) is 0 Å². The fourth-order valence-electron chi connectivity index (χ4n) is 3.18. The first-order valence-electron chi connectivity index (χ1n) is 10.1. The maximum atomic E-state index is 13.0. The summed E-state index contributed by atoms with van der Waals surface area (Å²) >= 11 is 0. The standard InChI is InChI=1S/C19H28F3N3O8/c1-18(2,3)33-17(32)24-10(6-7-13(26)27)15(29)25-8-4-5-12(25)14(28)23-11(16(30)31)9-19(20,21)22/h10-12H,4-9H2,1-3H3,(H,23,28)(H,24,32)(H,26,27)(H,30,31)/t10-,11?,12?/m0/s1. The Bertz CT molecular complexity index is 766. The molecule has 3 amide bonds. The van der Waals surface area contributed by atoms with Crippen molar-refractivity contribution in [3.63, 3.8) is 0 Å². The van der Waals surface area contributed by atoms with Crippen LogP contribution in [0.1, 0.15) is 52.9 Å². The second-order valence-electron chi connectivity index (χ2n) is 8.54. The molecule has 3 atom stereocenters. The lowest BCUT2D eigenvalue weighted by atomic mass is 10.1. The van der Waals surface area contributed by atoms with Crippen LogP contribution in [0.5, 0.6) is 0 Å². The number of nitrogens with zero attached hydrogens (tertiary/aromatic N) is 1. The van der Waals surface area contributed by atoms with Crippen LogP contribution in [-0.2, 0) is 23.9 Å². The van der Waals surface area contributed by atoms with E-state index in [4.69, 9.17) is 14.9 Å². The summed E-state index contributed by atoms with van der Waals surface area (Å²) in [6.07, 6.45) is -8.13. The normalized spacial score (nSPS) is 18.2. The lowest BCUT2D eigenvalue weighted by Crippen LogP contribution is -2.56. The van der Waals surface area contributed by atoms with Crippen molar-refractivity contribution in [2.45, 2.75) is 82.8 Å². The number of carboxylic acid groups (broad SMARTS) is 2. The van der Waals surface area contributed by atoms with Gasteiger partial charge in [-0.3, -0.25) is 14.4 Å². The van der Waals surface area contributed by atoms with E-state index in [1.807, 2.05) is 0 Å². The van der Waals surface area contributed by atoms with Crippen molar-refractivity contribution >= 4 is 29.8 Å². The van der Waals surface area contributed by atoms with Gasteiger partial charge in [0, 0.05) is 13.0 Å². The molecule has 1 saturated heterocycles. The lowest BCUT2D eigenvalue weighted by Gasteiger charge is -2.30. The van der Waals surface area contributed by atoms with Crippen molar-refractivity contribution in [2.75, 3.05) is 6.54 Å². The van der Waals surface area contributed by atoms with Crippen LogP contribution in [0.4, 0.5) is 18.0 Å². The first-order valence-corrected chi connectivity index (χ1v) is 10.1. The lowest BCUT2D eigenvalue weighted by molar-refractivity contribution is -0.160. The van der Waals surface area contributed by atoms with Crippen LogP contribution in [0.3, 0.4) is 0 Å². The molecule has 0 saturated carbocycles. The molecule has 1 heterocycles. The summed E-state index contributed by atoms with van der Waals surface area (Å²) in [5, 5.41) is 22.0. The van der Waals surface area contributed by atoms with Crippen LogP contribution >= 0.6 is 0 Å². The van der Waals surface area contributed by atoms with Crippen LogP contribution in [0.15, 0.2) is 0 Å². The maximum absolute atomic E-state index is 13.0. The van der Waals surface area contributed by atoms with Gasteiger partial charge >= 0.3 is 24.2 Å². The minimum atomic E-state index is -4.85. The van der Waals surface area contributed by atoms with Gasteiger partial charge in [-0.15, -0.1) is 0 Å². The fraction of sp³-hybridized carbons (Fsp3) is 0.737. The Labute approximate surface area is 187 Å². The third-order valence-corrected chi connectivity index (χ3v) is 4.52. The largest absolute Gasteiger partial charge is 0.481 e. The number of alkyl carbamates (subject to hydrolysis) is 1. The smallest absolute Gasteiger partial charge is 0.408 e. The van der Waals surface area contributed by atoms with Crippen molar-refractivity contribution in [3.8, 4) is 0 Å². The molecule has 0 radical (unpaired) electrons. The highest BCUT2D eigenvalue weighted by atomic mass is 19.4. The fourth-order valence-corrected chi connectivity index (χ4v) is 3.18. The number of halogens is 3. The Kier molecular flexibility index (Phi) is 9.48. The highest BCUT2D eigenvalue weighted by Gasteiger charge is 2.41. The topological polar surface area (TPSA) is 162 Å². The number of likely N-dealkylation sites (tertiary alicyclic amines) is 1. The number of hydrogen-bond donors (Lipinski definition) is 4. The Morgan fingerprint density at radius 1 is 1.06 bits per heavy atom. The molecule has 0 aromatic heterocycles. The van der Waals surface area contributed by atoms with Gasteiger partial charge in [0.1, 0.15) is 23.7 Å². The van der Waals surface area contributed by atoms with Gasteiger partial charge in [0.2, 0.25) is 11.8 Å². The summed E-state index contributed by atoms with van der Waals surface area (Å²) in [6.45, 7) is 4.72. The van der Waals surface area contributed by atoms with Gasteiger partial charge in [-0.05, 0) is 40.0 Å². The van der Waals surface area contributed by atoms with Gasteiger partial charge in [0.15, 0.2) is 0 Å². The Morgan fingerprint density at radius 3 is 2.15 bits per heavy atom. The Balaban J connectivity index is 2.99. The number of carbonyl (C=O) groups is 5. The van der Waals surface area contributed by atoms with Crippen molar-refractivity contribution in [2.24, 2.45) is 0 Å². The maximum Gasteiger partial charge on any atom is 0.408 e. The SMILES string of the molecule is CC(C)(C)OC(=O)N[C@@H](CCC(=O)O)C(=O)N1CCCC1C(=O)NC(CC(F)(F)F)C(=O)O. The van der Waals surface area contributed by atoms with E-state index in [1.54, 1.807) is 26.1 Å². The summed E-state index contributed by atoms with van der Waals surface area (Å²) in [5.41, 5.74) is -0.912. The van der Waals surface area contributed by atoms with Crippen molar-refractivity contribution in [1.82, 2.24) is 15.5 Å². The van der Waals surface area contributed by atoms with E-state index in [0.717, 1.165) is 4.90 Å².